The summed E-state index contributed by atoms with van der Waals surface area (Å²) in [6.07, 6.45) is 11.2. The first-order valence-electron chi connectivity index (χ1n) is 21.0. The van der Waals surface area contributed by atoms with Crippen molar-refractivity contribution in [3.63, 3.8) is 0 Å². The number of epoxide rings is 2. The van der Waals surface area contributed by atoms with Gasteiger partial charge in [0.05, 0.1) is 62.4 Å². The van der Waals surface area contributed by atoms with Gasteiger partial charge < -0.3 is 71.7 Å². The van der Waals surface area contributed by atoms with Gasteiger partial charge in [0, 0.05) is 60.7 Å². The van der Waals surface area contributed by atoms with Crippen LogP contribution >= 0.6 is 0 Å². The minimum absolute atomic E-state index is 0. The highest BCUT2D eigenvalue weighted by Gasteiger charge is 2.81. The molecule has 0 amide bonds. The molecule has 8 nitrogen and oxygen atoms in total. The van der Waals surface area contributed by atoms with Crippen LogP contribution in [0.3, 0.4) is 0 Å². The fraction of sp³-hybridized carbons (Fsp3) is 0.636. The summed E-state index contributed by atoms with van der Waals surface area (Å²) < 4.78 is 29.7. The summed E-state index contributed by atoms with van der Waals surface area (Å²) in [4.78, 5) is 5.99. The maximum atomic E-state index is 7.57. The van der Waals surface area contributed by atoms with E-state index in [-0.39, 0.29) is 57.2 Å². The Morgan fingerprint density at radius 2 is 1.06 bits per heavy atom. The van der Waals surface area contributed by atoms with Gasteiger partial charge in [0.15, 0.2) is 0 Å². The Balaban J connectivity index is 0.00000156. The van der Waals surface area contributed by atoms with E-state index in [2.05, 4.69) is 70.5 Å². The second-order valence-electron chi connectivity index (χ2n) is 19.7. The maximum Gasteiger partial charge on any atom is 0.136 e. The average molecular weight is 859 g/mol. The topological polar surface area (TPSA) is 50.0 Å². The Kier molecular flexibility index (Phi) is 6.55. The van der Waals surface area contributed by atoms with E-state index in [9.17, 15) is 0 Å². The summed E-state index contributed by atoms with van der Waals surface area (Å²) in [6.45, 7) is 10.6. The van der Waals surface area contributed by atoms with Crippen LogP contribution in [0.2, 0.25) is 0 Å². The number of anilines is 2. The number of para-hydroxylation sites is 2. The molecule has 2 saturated carbocycles. The number of halogens is 2. The summed E-state index contributed by atoms with van der Waals surface area (Å²) in [6, 6.07) is 21.4. The molecule has 2 aromatic carbocycles. The Bertz CT molecular complexity index is 1910. The van der Waals surface area contributed by atoms with Crippen LogP contribution in [0.4, 0.5) is 11.4 Å². The highest BCUT2D eigenvalue weighted by atomic mass is 79.9. The highest BCUT2D eigenvalue weighted by molar-refractivity contribution is 5.72. The fourth-order valence-corrected chi connectivity index (χ4v) is 17.1. The molecule has 4 bridgehead atoms. The maximum absolute atomic E-state index is 7.57. The Labute approximate surface area is 339 Å². The van der Waals surface area contributed by atoms with E-state index in [0.29, 0.717) is 60.0 Å². The molecule has 2 aliphatic carbocycles. The van der Waals surface area contributed by atoms with E-state index in [0.717, 1.165) is 26.4 Å². The molecule has 13 aliphatic rings. The fourth-order valence-electron chi connectivity index (χ4n) is 17.1. The lowest BCUT2D eigenvalue weighted by molar-refractivity contribution is -0.943. The number of benzene rings is 2. The average Bonchev–Trinajstić information content (AvgIpc) is 4.07. The van der Waals surface area contributed by atoms with Crippen LogP contribution in [0.5, 0.6) is 0 Å². The van der Waals surface area contributed by atoms with Crippen LogP contribution in [0, 0.1) is 23.7 Å². The van der Waals surface area contributed by atoms with E-state index in [1.807, 2.05) is 0 Å². The van der Waals surface area contributed by atoms with Crippen molar-refractivity contribution in [2.24, 2.45) is 23.7 Å². The van der Waals surface area contributed by atoms with Crippen molar-refractivity contribution in [2.45, 2.75) is 85.3 Å². The molecule has 0 radical (unpaired) electrons. The van der Waals surface area contributed by atoms with Crippen molar-refractivity contribution in [3.8, 4) is 0 Å². The number of hydrogen-bond acceptors (Lipinski definition) is 6. The first-order chi connectivity index (χ1) is 25.6. The van der Waals surface area contributed by atoms with Crippen molar-refractivity contribution in [2.75, 3.05) is 75.5 Å². The molecule has 0 aromatic heterocycles. The molecule has 15 rings (SSSR count). The van der Waals surface area contributed by atoms with Crippen LogP contribution in [0.1, 0.15) is 36.8 Å². The third-order valence-corrected chi connectivity index (χ3v) is 18.4. The van der Waals surface area contributed by atoms with Gasteiger partial charge in [0.2, 0.25) is 0 Å². The molecule has 2 spiro atoms. The number of piperidine rings is 2. The Morgan fingerprint density at radius 1 is 0.611 bits per heavy atom. The van der Waals surface area contributed by atoms with Gasteiger partial charge >= 0.3 is 0 Å². The van der Waals surface area contributed by atoms with Gasteiger partial charge in [-0.05, 0) is 34.4 Å². The van der Waals surface area contributed by atoms with Gasteiger partial charge in [-0.25, -0.2) is 0 Å². The standard InChI is InChI=1S/C44H50N4O4.2BrH/c1-3-7-33-31(5-1)43-11-13-47(21-27-23-51-27)19-25-10-16-50-42-37(29(25)17-35(43)47)39(43)45(33)41-38-30-18-36-44(32-6-2-4-8-34(32)46(42)40(38)44)12-14-48(36,22-28-24-52-28)20-26(30)9-15-49-41;;/h1-10,27-30,35-42H,11-24H2;2*1H/q+2;;/p-2/t27?,28?,29-,30-,35-,36-,37+,38+,39-,40-,41+,42+,43+,44+,47?,48?;;/m0../s1. The predicted octanol–water partition coefficient (Wildman–Crippen LogP) is -1.90. The van der Waals surface area contributed by atoms with Crippen LogP contribution in [-0.2, 0) is 29.8 Å². The number of fused-ring (bicyclic) bond motifs is 6. The Morgan fingerprint density at radius 3 is 1.50 bits per heavy atom. The molecule has 7 saturated heterocycles. The number of nitrogens with zero attached hydrogens (tertiary/aromatic N) is 4. The highest BCUT2D eigenvalue weighted by Crippen LogP contribution is 2.72. The Hall–Kier alpha value is -1.76. The van der Waals surface area contributed by atoms with E-state index >= 15 is 0 Å². The smallest absolute Gasteiger partial charge is 0.136 e. The summed E-state index contributed by atoms with van der Waals surface area (Å²) in [5.41, 5.74) is 9.82. The monoisotopic (exact) mass is 856 g/mol. The zero-order valence-corrected chi connectivity index (χ0v) is 34.0. The molecule has 54 heavy (non-hydrogen) atoms. The summed E-state index contributed by atoms with van der Waals surface area (Å²) in [7, 11) is 0. The molecule has 16 atom stereocenters. The van der Waals surface area contributed by atoms with E-state index < -0.39 is 0 Å². The molecular weight excluding hydrogens is 808 g/mol. The molecular formula is C44H50Br2N4O4. The van der Waals surface area contributed by atoms with Gasteiger partial charge in [-0.3, -0.25) is 0 Å². The van der Waals surface area contributed by atoms with Crippen molar-refractivity contribution in [1.29, 1.82) is 0 Å². The SMILES string of the molecule is C1=C2C[N+]3(CC4CO4)CC[C@]45c6ccccc6N6[C@@H]7OCC=C8C[N+]9(CC%10CO%10)CC[C@]%10%11c%12ccccc%12N([C@H](OC1)[C@@H]([C@H]64)[C@H]2C[C@@H]53)[C@H]%10[C@H]7[C@H]8C[C@@H]%119.[Br-].[Br-]. The van der Waals surface area contributed by atoms with Crippen LogP contribution in [0.25, 0.3) is 0 Å². The normalized spacial score (nSPS) is 51.6. The molecule has 284 valence electrons. The van der Waals surface area contributed by atoms with Crippen LogP contribution in [0.15, 0.2) is 71.8 Å². The molecule has 4 unspecified atom stereocenters. The first kappa shape index (κ1) is 33.2. The minimum Gasteiger partial charge on any atom is -1.00 e. The third kappa shape index (κ3) is 3.59. The van der Waals surface area contributed by atoms with Crippen LogP contribution < -0.4 is 43.8 Å². The number of quaternary nitrogens is 2. The zero-order chi connectivity index (χ0) is 33.3. The largest absolute Gasteiger partial charge is 1.00 e. The van der Waals surface area contributed by atoms with Gasteiger partial charge in [-0.2, -0.15) is 0 Å². The van der Waals surface area contributed by atoms with E-state index in [1.165, 1.54) is 85.3 Å². The van der Waals surface area contributed by atoms with Gasteiger partial charge in [0.1, 0.15) is 62.9 Å². The molecule has 9 fully saturated rings. The predicted molar refractivity (Wildman–Crippen MR) is 194 cm³/mol. The zero-order valence-electron chi connectivity index (χ0n) is 30.8. The van der Waals surface area contributed by atoms with Crippen molar-refractivity contribution >= 4 is 11.4 Å². The van der Waals surface area contributed by atoms with Crippen molar-refractivity contribution < 1.29 is 61.9 Å². The summed E-state index contributed by atoms with van der Waals surface area (Å²) in [5, 5.41) is 0. The molecule has 0 N–H and O–H groups in total. The molecule has 2 aromatic rings. The summed E-state index contributed by atoms with van der Waals surface area (Å²) >= 11 is 0. The number of ether oxygens (including phenoxy) is 4. The van der Waals surface area contributed by atoms with Gasteiger partial charge in [0.25, 0.3) is 0 Å². The molecule has 11 heterocycles. The molecule has 11 aliphatic heterocycles. The first-order valence-corrected chi connectivity index (χ1v) is 21.0. The molecule has 10 heteroatoms. The quantitative estimate of drug-likeness (QED) is 0.204. The third-order valence-electron chi connectivity index (χ3n) is 18.4. The van der Waals surface area contributed by atoms with Gasteiger partial charge in [-0.1, -0.05) is 48.6 Å². The van der Waals surface area contributed by atoms with E-state index in [4.69, 9.17) is 18.9 Å². The van der Waals surface area contributed by atoms with Crippen molar-refractivity contribution in [1.82, 2.24) is 0 Å². The van der Waals surface area contributed by atoms with Crippen LogP contribution in [-0.4, -0.2) is 123 Å². The van der Waals surface area contributed by atoms with E-state index in [1.54, 1.807) is 22.3 Å². The lowest BCUT2D eigenvalue weighted by atomic mass is 9.52. The number of rotatable bonds is 4. The second-order valence-corrected chi connectivity index (χ2v) is 19.7. The second kappa shape index (κ2) is 10.6. The van der Waals surface area contributed by atoms with Gasteiger partial charge in [-0.15, -0.1) is 0 Å². The number of hydrogen-bond donors (Lipinski definition) is 0. The van der Waals surface area contributed by atoms with Crippen molar-refractivity contribution in [3.05, 3.63) is 83.0 Å². The summed E-state index contributed by atoms with van der Waals surface area (Å²) in [5.74, 6) is 1.82. The lowest BCUT2D eigenvalue weighted by Gasteiger charge is -2.65. The minimum atomic E-state index is 0. The lowest BCUT2D eigenvalue weighted by Crippen LogP contribution is -3.00.